The molecule has 0 aliphatic carbocycles. The van der Waals surface area contributed by atoms with Crippen LogP contribution in [-0.2, 0) is 16.6 Å². The third kappa shape index (κ3) is 4.35. The Bertz CT molecular complexity index is 653. The SMILES string of the molecule is O=S(/C=C/c1ccc(F)cc1F)Cc1ccc(Br)cc1. The van der Waals surface area contributed by atoms with Gasteiger partial charge < -0.3 is 0 Å². The molecule has 1 atom stereocenters. The van der Waals surface area contributed by atoms with Crippen molar-refractivity contribution >= 4 is 32.8 Å². The molecule has 0 bridgehead atoms. The molecule has 1 nitrogen and oxygen atoms in total. The molecule has 2 rings (SSSR count). The van der Waals surface area contributed by atoms with Crippen molar-refractivity contribution in [1.29, 1.82) is 0 Å². The van der Waals surface area contributed by atoms with Gasteiger partial charge in [0.2, 0.25) is 0 Å². The van der Waals surface area contributed by atoms with E-state index in [9.17, 15) is 13.0 Å². The van der Waals surface area contributed by atoms with Gasteiger partial charge in [-0.05, 0) is 35.9 Å². The quantitative estimate of drug-likeness (QED) is 0.779. The Morgan fingerprint density at radius 1 is 1.10 bits per heavy atom. The first-order valence-corrected chi connectivity index (χ1v) is 7.97. The van der Waals surface area contributed by atoms with Crippen molar-refractivity contribution in [2.24, 2.45) is 0 Å². The summed E-state index contributed by atoms with van der Waals surface area (Å²) >= 11 is 3.32. The zero-order valence-corrected chi connectivity index (χ0v) is 12.8. The van der Waals surface area contributed by atoms with Crippen LogP contribution < -0.4 is 0 Å². The highest BCUT2D eigenvalue weighted by Gasteiger charge is 2.02. The summed E-state index contributed by atoms with van der Waals surface area (Å²) in [6, 6.07) is 10.8. The molecule has 0 saturated carbocycles. The molecule has 5 heteroatoms. The Morgan fingerprint density at radius 3 is 2.45 bits per heavy atom. The fourth-order valence-electron chi connectivity index (χ4n) is 1.58. The van der Waals surface area contributed by atoms with Crippen LogP contribution in [0.2, 0.25) is 0 Å². The second kappa shape index (κ2) is 6.90. The van der Waals surface area contributed by atoms with Gasteiger partial charge in [-0.1, -0.05) is 28.1 Å². The molecule has 2 aromatic carbocycles. The first-order valence-electron chi connectivity index (χ1n) is 5.79. The topological polar surface area (TPSA) is 17.1 Å². The van der Waals surface area contributed by atoms with E-state index in [4.69, 9.17) is 0 Å². The summed E-state index contributed by atoms with van der Waals surface area (Å²) < 4.78 is 38.9. The van der Waals surface area contributed by atoms with Crippen LogP contribution in [0.4, 0.5) is 8.78 Å². The molecule has 0 radical (unpaired) electrons. The Balaban J connectivity index is 2.03. The minimum absolute atomic E-state index is 0.218. The van der Waals surface area contributed by atoms with Crippen molar-refractivity contribution in [3.8, 4) is 0 Å². The predicted molar refractivity (Wildman–Crippen MR) is 81.4 cm³/mol. The lowest BCUT2D eigenvalue weighted by Gasteiger charge is -1.99. The lowest BCUT2D eigenvalue weighted by atomic mass is 10.2. The lowest BCUT2D eigenvalue weighted by molar-refractivity contribution is 0.581. The molecule has 0 aromatic heterocycles. The van der Waals surface area contributed by atoms with Crippen LogP contribution in [0.1, 0.15) is 11.1 Å². The van der Waals surface area contributed by atoms with E-state index >= 15 is 0 Å². The van der Waals surface area contributed by atoms with E-state index in [1.54, 1.807) is 0 Å². The van der Waals surface area contributed by atoms with Crippen molar-refractivity contribution < 1.29 is 13.0 Å². The van der Waals surface area contributed by atoms with Crippen molar-refractivity contribution in [3.63, 3.8) is 0 Å². The number of hydrogen-bond donors (Lipinski definition) is 0. The summed E-state index contributed by atoms with van der Waals surface area (Å²) in [5.41, 5.74) is 1.14. The van der Waals surface area contributed by atoms with E-state index in [0.717, 1.165) is 16.1 Å². The molecule has 20 heavy (non-hydrogen) atoms. The van der Waals surface area contributed by atoms with Gasteiger partial charge in [0.15, 0.2) is 0 Å². The van der Waals surface area contributed by atoms with Gasteiger partial charge in [-0.3, -0.25) is 4.21 Å². The highest BCUT2D eigenvalue weighted by Crippen LogP contribution is 2.14. The molecule has 0 amide bonds. The summed E-state index contributed by atoms with van der Waals surface area (Å²) in [6.45, 7) is 0. The standard InChI is InChI=1S/C15H11BrF2OS/c16-13-4-1-11(2-5-13)10-20(19)8-7-12-3-6-14(17)9-15(12)18/h1-9H,10H2/b8-7+. The van der Waals surface area contributed by atoms with Crippen LogP contribution in [0.5, 0.6) is 0 Å². The molecule has 0 heterocycles. The van der Waals surface area contributed by atoms with Crippen LogP contribution in [0.15, 0.2) is 52.3 Å². The molecule has 2 aromatic rings. The number of halogens is 3. The Labute approximate surface area is 126 Å². The fourth-order valence-corrected chi connectivity index (χ4v) is 2.76. The summed E-state index contributed by atoms with van der Waals surface area (Å²) in [7, 11) is -1.25. The third-order valence-electron chi connectivity index (χ3n) is 2.58. The first-order chi connectivity index (χ1) is 9.54. The molecular weight excluding hydrogens is 346 g/mol. The van der Waals surface area contributed by atoms with Crippen LogP contribution in [-0.4, -0.2) is 4.21 Å². The molecule has 0 aliphatic rings. The van der Waals surface area contributed by atoms with Crippen LogP contribution >= 0.6 is 15.9 Å². The van der Waals surface area contributed by atoms with Crippen molar-refractivity contribution in [2.75, 3.05) is 0 Å². The van der Waals surface area contributed by atoms with E-state index < -0.39 is 22.4 Å². The maximum absolute atomic E-state index is 13.4. The van der Waals surface area contributed by atoms with Gasteiger partial charge in [0, 0.05) is 21.5 Å². The summed E-state index contributed by atoms with van der Waals surface area (Å²) in [5, 5.41) is 1.42. The molecule has 0 saturated heterocycles. The molecule has 0 aliphatic heterocycles. The number of hydrogen-bond acceptors (Lipinski definition) is 1. The van der Waals surface area contributed by atoms with E-state index in [1.807, 2.05) is 24.3 Å². The maximum Gasteiger partial charge on any atom is 0.133 e. The summed E-state index contributed by atoms with van der Waals surface area (Å²) in [4.78, 5) is 0. The molecule has 0 N–H and O–H groups in total. The van der Waals surface area contributed by atoms with Crippen LogP contribution in [0.3, 0.4) is 0 Å². The highest BCUT2D eigenvalue weighted by molar-refractivity contribution is 9.10. The average Bonchev–Trinajstić information content (AvgIpc) is 2.40. The zero-order valence-electron chi connectivity index (χ0n) is 10.4. The monoisotopic (exact) mass is 356 g/mol. The average molecular weight is 357 g/mol. The second-order valence-electron chi connectivity index (χ2n) is 4.12. The zero-order chi connectivity index (χ0) is 14.5. The highest BCUT2D eigenvalue weighted by atomic mass is 79.9. The Morgan fingerprint density at radius 2 is 1.80 bits per heavy atom. The van der Waals surface area contributed by atoms with E-state index in [2.05, 4.69) is 15.9 Å². The van der Waals surface area contributed by atoms with Crippen molar-refractivity contribution in [2.45, 2.75) is 5.75 Å². The molecule has 0 spiro atoms. The van der Waals surface area contributed by atoms with Gasteiger partial charge in [-0.2, -0.15) is 0 Å². The minimum Gasteiger partial charge on any atom is -0.255 e. The van der Waals surface area contributed by atoms with Gasteiger partial charge in [0.05, 0.1) is 16.6 Å². The Kier molecular flexibility index (Phi) is 5.20. The van der Waals surface area contributed by atoms with Gasteiger partial charge in [-0.25, -0.2) is 8.78 Å². The first kappa shape index (κ1) is 15.1. The van der Waals surface area contributed by atoms with Gasteiger partial charge >= 0.3 is 0 Å². The molecular formula is C15H11BrF2OS. The smallest absolute Gasteiger partial charge is 0.133 e. The molecule has 1 unspecified atom stereocenters. The third-order valence-corrected chi connectivity index (χ3v) is 4.17. The number of benzene rings is 2. The molecule has 0 fully saturated rings. The summed E-state index contributed by atoms with van der Waals surface area (Å²) in [5.74, 6) is -0.940. The van der Waals surface area contributed by atoms with Gasteiger partial charge in [0.1, 0.15) is 11.6 Å². The predicted octanol–water partition coefficient (Wildman–Crippen LogP) is 4.65. The van der Waals surface area contributed by atoms with Crippen molar-refractivity contribution in [3.05, 3.63) is 75.1 Å². The number of rotatable bonds is 4. The lowest BCUT2D eigenvalue weighted by Crippen LogP contribution is -1.91. The van der Waals surface area contributed by atoms with Gasteiger partial charge in [0.25, 0.3) is 0 Å². The van der Waals surface area contributed by atoms with Gasteiger partial charge in [-0.15, -0.1) is 0 Å². The van der Waals surface area contributed by atoms with Crippen LogP contribution in [0.25, 0.3) is 6.08 Å². The van der Waals surface area contributed by atoms with E-state index in [0.29, 0.717) is 5.75 Å². The van der Waals surface area contributed by atoms with E-state index in [1.165, 1.54) is 23.6 Å². The largest absolute Gasteiger partial charge is 0.255 e. The Hall–Kier alpha value is -1.33. The minimum atomic E-state index is -1.25. The van der Waals surface area contributed by atoms with Crippen molar-refractivity contribution in [1.82, 2.24) is 0 Å². The maximum atomic E-state index is 13.4. The van der Waals surface area contributed by atoms with E-state index in [-0.39, 0.29) is 5.56 Å². The second-order valence-corrected chi connectivity index (χ2v) is 6.36. The van der Waals surface area contributed by atoms with Crippen LogP contribution in [0, 0.1) is 11.6 Å². The fraction of sp³-hybridized carbons (Fsp3) is 0.0667. The molecule has 104 valence electrons. The summed E-state index contributed by atoms with van der Waals surface area (Å²) in [6.07, 6.45) is 1.41. The normalized spacial score (nSPS) is 12.8.